The van der Waals surface area contributed by atoms with Crippen LogP contribution in [0.2, 0.25) is 5.02 Å². The molecule has 0 atom stereocenters. The van der Waals surface area contributed by atoms with Crippen molar-refractivity contribution in [2.45, 2.75) is 26.4 Å². The number of guanidine groups is 1. The van der Waals surface area contributed by atoms with Crippen molar-refractivity contribution in [2.75, 3.05) is 18.4 Å². The number of carbonyl (C=O) groups excluding carboxylic acids is 1. The van der Waals surface area contributed by atoms with E-state index in [1.165, 1.54) is 0 Å². The van der Waals surface area contributed by atoms with Gasteiger partial charge in [-0.2, -0.15) is 5.10 Å². The molecule has 3 N–H and O–H groups in total. The highest BCUT2D eigenvalue weighted by atomic mass is 35.5. The average Bonchev–Trinajstić information content (AvgIpc) is 3.26. The Morgan fingerprint density at radius 1 is 1.13 bits per heavy atom. The number of amides is 1. The van der Waals surface area contributed by atoms with Crippen molar-refractivity contribution in [3.8, 4) is 0 Å². The molecule has 0 aliphatic heterocycles. The maximum absolute atomic E-state index is 12.2. The number of carbonyl (C=O) groups is 1. The molecule has 0 saturated carbocycles. The number of nitrogens with one attached hydrogen (secondary N) is 3. The molecule has 1 heterocycles. The average molecular weight is 439 g/mol. The summed E-state index contributed by atoms with van der Waals surface area (Å²) in [5.41, 5.74) is 2.84. The third-order valence-electron chi connectivity index (χ3n) is 4.48. The fourth-order valence-electron chi connectivity index (χ4n) is 3.02. The monoisotopic (exact) mass is 438 g/mol. The highest BCUT2D eigenvalue weighted by molar-refractivity contribution is 6.31. The Morgan fingerprint density at radius 3 is 2.77 bits per heavy atom. The first-order valence-corrected chi connectivity index (χ1v) is 10.6. The molecule has 8 heteroatoms. The fraction of sp³-hybridized carbons (Fsp3) is 0.261. The van der Waals surface area contributed by atoms with Crippen molar-refractivity contribution >= 4 is 29.2 Å². The smallest absolute Gasteiger partial charge is 0.246 e. The molecule has 162 valence electrons. The molecule has 0 aliphatic rings. The maximum atomic E-state index is 12.2. The summed E-state index contributed by atoms with van der Waals surface area (Å²) in [5.74, 6) is 0.613. The van der Waals surface area contributed by atoms with Crippen LogP contribution < -0.4 is 16.0 Å². The van der Waals surface area contributed by atoms with Crippen molar-refractivity contribution in [2.24, 2.45) is 4.99 Å². The predicted octanol–water partition coefficient (Wildman–Crippen LogP) is 3.47. The standard InChI is InChI=1S/C23H27ClN6O/c1-2-25-23(26-13-11-19-8-3-4-10-21(19)24)27-16-18-7-5-9-20(15-18)29-22(31)17-30-14-6-12-28-30/h3-10,12,14-15H,2,11,13,16-17H2,1H3,(H,29,31)(H2,25,26,27). The number of aliphatic imine (C=N–C) groups is 1. The van der Waals surface area contributed by atoms with Crippen LogP contribution in [0.15, 0.2) is 72.0 Å². The Morgan fingerprint density at radius 2 is 2.00 bits per heavy atom. The third-order valence-corrected chi connectivity index (χ3v) is 4.85. The molecule has 31 heavy (non-hydrogen) atoms. The number of halogens is 1. The largest absolute Gasteiger partial charge is 0.357 e. The lowest BCUT2D eigenvalue weighted by Gasteiger charge is -2.12. The van der Waals surface area contributed by atoms with Gasteiger partial charge in [0.25, 0.3) is 0 Å². The second-order valence-electron chi connectivity index (χ2n) is 6.92. The van der Waals surface area contributed by atoms with E-state index >= 15 is 0 Å². The van der Waals surface area contributed by atoms with Gasteiger partial charge in [0.15, 0.2) is 5.96 Å². The maximum Gasteiger partial charge on any atom is 0.246 e. The number of anilines is 1. The first kappa shape index (κ1) is 22.4. The molecule has 0 aliphatic carbocycles. The Bertz CT molecular complexity index is 1000. The summed E-state index contributed by atoms with van der Waals surface area (Å²) in [6.45, 7) is 4.18. The minimum atomic E-state index is -0.126. The van der Waals surface area contributed by atoms with E-state index in [9.17, 15) is 4.79 Å². The summed E-state index contributed by atoms with van der Waals surface area (Å²) in [6.07, 6.45) is 4.21. The Balaban J connectivity index is 1.54. The van der Waals surface area contributed by atoms with Gasteiger partial charge in [0.05, 0.1) is 6.54 Å². The summed E-state index contributed by atoms with van der Waals surface area (Å²) in [5, 5.41) is 14.3. The van der Waals surface area contributed by atoms with Crippen LogP contribution in [0.5, 0.6) is 0 Å². The second-order valence-corrected chi connectivity index (χ2v) is 7.32. The van der Waals surface area contributed by atoms with Crippen LogP contribution in [-0.4, -0.2) is 34.7 Å². The lowest BCUT2D eigenvalue weighted by atomic mass is 10.1. The summed E-state index contributed by atoms with van der Waals surface area (Å²) in [4.78, 5) is 16.8. The van der Waals surface area contributed by atoms with E-state index in [0.717, 1.165) is 47.3 Å². The predicted molar refractivity (Wildman–Crippen MR) is 125 cm³/mol. The molecular formula is C23H27ClN6O. The molecule has 7 nitrogen and oxygen atoms in total. The van der Waals surface area contributed by atoms with Crippen LogP contribution in [0.3, 0.4) is 0 Å². The van der Waals surface area contributed by atoms with Gasteiger partial charge in [0, 0.05) is 36.2 Å². The van der Waals surface area contributed by atoms with Gasteiger partial charge < -0.3 is 16.0 Å². The third kappa shape index (κ3) is 7.46. The normalized spacial score (nSPS) is 11.2. The van der Waals surface area contributed by atoms with Crippen LogP contribution >= 0.6 is 11.6 Å². The lowest BCUT2D eigenvalue weighted by Crippen LogP contribution is -2.38. The van der Waals surface area contributed by atoms with E-state index < -0.39 is 0 Å². The number of hydrogen-bond acceptors (Lipinski definition) is 3. The van der Waals surface area contributed by atoms with Crippen LogP contribution in [0, 0.1) is 0 Å². The van der Waals surface area contributed by atoms with Gasteiger partial charge in [-0.05, 0) is 48.7 Å². The van der Waals surface area contributed by atoms with Gasteiger partial charge >= 0.3 is 0 Å². The highest BCUT2D eigenvalue weighted by Gasteiger charge is 2.05. The molecule has 1 aromatic heterocycles. The molecule has 1 amide bonds. The molecule has 0 bridgehead atoms. The van der Waals surface area contributed by atoms with E-state index in [2.05, 4.69) is 26.0 Å². The highest BCUT2D eigenvalue weighted by Crippen LogP contribution is 2.15. The Kier molecular flexibility index (Phi) is 8.48. The fourth-order valence-corrected chi connectivity index (χ4v) is 3.25. The molecular weight excluding hydrogens is 412 g/mol. The van der Waals surface area contributed by atoms with Gasteiger partial charge in [-0.15, -0.1) is 0 Å². The molecule has 0 fully saturated rings. The van der Waals surface area contributed by atoms with Gasteiger partial charge in [-0.25, -0.2) is 4.99 Å². The molecule has 0 unspecified atom stereocenters. The molecule has 0 spiro atoms. The van der Waals surface area contributed by atoms with Gasteiger partial charge in [-0.1, -0.05) is 41.9 Å². The van der Waals surface area contributed by atoms with Crippen molar-refractivity contribution in [1.82, 2.24) is 20.4 Å². The summed E-state index contributed by atoms with van der Waals surface area (Å²) in [7, 11) is 0. The van der Waals surface area contributed by atoms with E-state index in [1.54, 1.807) is 23.1 Å². The number of hydrogen-bond donors (Lipinski definition) is 3. The number of nitrogens with zero attached hydrogens (tertiary/aromatic N) is 3. The molecule has 2 aromatic carbocycles. The van der Waals surface area contributed by atoms with Crippen LogP contribution in [0.25, 0.3) is 0 Å². The summed E-state index contributed by atoms with van der Waals surface area (Å²) in [6, 6.07) is 17.3. The minimum absolute atomic E-state index is 0.126. The summed E-state index contributed by atoms with van der Waals surface area (Å²) < 4.78 is 1.58. The van der Waals surface area contributed by atoms with E-state index in [0.29, 0.717) is 6.54 Å². The first-order valence-electron chi connectivity index (χ1n) is 10.3. The number of benzene rings is 2. The number of rotatable bonds is 9. The zero-order valence-electron chi connectivity index (χ0n) is 17.5. The van der Waals surface area contributed by atoms with Gasteiger partial charge in [0.2, 0.25) is 5.91 Å². The zero-order chi connectivity index (χ0) is 21.9. The first-order chi connectivity index (χ1) is 15.1. The Hall–Kier alpha value is -3.32. The Labute approximate surface area is 187 Å². The van der Waals surface area contributed by atoms with E-state index in [1.807, 2.05) is 55.5 Å². The van der Waals surface area contributed by atoms with Crippen LogP contribution in [0.1, 0.15) is 18.1 Å². The van der Waals surface area contributed by atoms with Crippen molar-refractivity contribution in [1.29, 1.82) is 0 Å². The SMILES string of the molecule is CCNC(=NCc1cccc(NC(=O)Cn2cccn2)c1)NCCc1ccccc1Cl. The molecule has 0 radical (unpaired) electrons. The molecule has 3 aromatic rings. The molecule has 0 saturated heterocycles. The zero-order valence-corrected chi connectivity index (χ0v) is 18.3. The van der Waals surface area contributed by atoms with Gasteiger partial charge in [0.1, 0.15) is 6.54 Å². The second kappa shape index (κ2) is 11.8. The topological polar surface area (TPSA) is 83.3 Å². The quantitative estimate of drug-likeness (QED) is 0.353. The van der Waals surface area contributed by atoms with Crippen molar-refractivity contribution in [3.63, 3.8) is 0 Å². The minimum Gasteiger partial charge on any atom is -0.357 e. The van der Waals surface area contributed by atoms with Gasteiger partial charge in [-0.3, -0.25) is 9.48 Å². The molecule has 3 rings (SSSR count). The van der Waals surface area contributed by atoms with E-state index in [-0.39, 0.29) is 12.5 Å². The van der Waals surface area contributed by atoms with E-state index in [4.69, 9.17) is 11.6 Å². The number of aromatic nitrogens is 2. The van der Waals surface area contributed by atoms with Crippen molar-refractivity contribution in [3.05, 3.63) is 83.1 Å². The van der Waals surface area contributed by atoms with Crippen LogP contribution in [0.4, 0.5) is 5.69 Å². The van der Waals surface area contributed by atoms with Crippen LogP contribution in [-0.2, 0) is 24.3 Å². The van der Waals surface area contributed by atoms with Crippen molar-refractivity contribution < 1.29 is 4.79 Å². The lowest BCUT2D eigenvalue weighted by molar-refractivity contribution is -0.116. The summed E-state index contributed by atoms with van der Waals surface area (Å²) >= 11 is 6.22.